The number of rotatable bonds is 1. The van der Waals surface area contributed by atoms with Crippen molar-refractivity contribution in [1.29, 1.82) is 0 Å². The Morgan fingerprint density at radius 2 is 2.07 bits per heavy atom. The predicted octanol–water partition coefficient (Wildman–Crippen LogP) is -0.267. The smallest absolute Gasteiger partial charge is 0.294 e. The van der Waals surface area contributed by atoms with Gasteiger partial charge in [-0.1, -0.05) is 12.1 Å². The number of carbonyl (C=O) groups is 1. The van der Waals surface area contributed by atoms with Crippen LogP contribution in [0.3, 0.4) is 0 Å². The summed E-state index contributed by atoms with van der Waals surface area (Å²) in [4.78, 5) is 26.1. The number of carbonyl (C=O) groups excluding carboxylic acids is 1. The third kappa shape index (κ3) is 1.32. The molecular formula is C9H7N3O3. The van der Waals surface area contributed by atoms with Crippen LogP contribution in [0.25, 0.3) is 10.9 Å². The van der Waals surface area contributed by atoms with Crippen molar-refractivity contribution >= 4 is 16.8 Å². The Balaban J connectivity index is 2.95. The number of amides is 1. The SMILES string of the molecule is NC(=O)c1nc2ccccc2c(=O)n1O. The fourth-order valence-corrected chi connectivity index (χ4v) is 1.28. The molecule has 1 aromatic carbocycles. The van der Waals surface area contributed by atoms with Crippen LogP contribution < -0.4 is 11.3 Å². The summed E-state index contributed by atoms with van der Waals surface area (Å²) in [6.45, 7) is 0. The number of para-hydroxylation sites is 1. The van der Waals surface area contributed by atoms with Crippen molar-refractivity contribution in [3.8, 4) is 0 Å². The maximum atomic E-state index is 11.5. The van der Waals surface area contributed by atoms with Crippen molar-refractivity contribution < 1.29 is 10.0 Å². The molecule has 0 fully saturated rings. The first-order chi connectivity index (χ1) is 7.11. The summed E-state index contributed by atoms with van der Waals surface area (Å²) in [5.74, 6) is -1.43. The minimum absolute atomic E-state index is 0.157. The van der Waals surface area contributed by atoms with Crippen LogP contribution in [0.2, 0.25) is 0 Å². The number of nitrogens with zero attached hydrogens (tertiary/aromatic N) is 2. The molecule has 0 atom stereocenters. The lowest BCUT2D eigenvalue weighted by molar-refractivity contribution is 0.0928. The minimum atomic E-state index is -0.958. The van der Waals surface area contributed by atoms with E-state index in [1.165, 1.54) is 6.07 Å². The van der Waals surface area contributed by atoms with Gasteiger partial charge >= 0.3 is 0 Å². The molecule has 1 amide bonds. The van der Waals surface area contributed by atoms with Gasteiger partial charge < -0.3 is 10.9 Å². The Hall–Kier alpha value is -2.37. The lowest BCUT2D eigenvalue weighted by Gasteiger charge is -2.03. The van der Waals surface area contributed by atoms with E-state index in [4.69, 9.17) is 5.73 Å². The average Bonchev–Trinajstić information content (AvgIpc) is 2.23. The van der Waals surface area contributed by atoms with Gasteiger partial charge in [-0.3, -0.25) is 9.59 Å². The van der Waals surface area contributed by atoms with Crippen LogP contribution in [-0.4, -0.2) is 20.8 Å². The highest BCUT2D eigenvalue weighted by Crippen LogP contribution is 2.06. The molecule has 0 spiro atoms. The molecule has 0 aliphatic carbocycles. The van der Waals surface area contributed by atoms with Crippen LogP contribution in [0.4, 0.5) is 0 Å². The summed E-state index contributed by atoms with van der Waals surface area (Å²) in [5, 5.41) is 9.53. The molecule has 15 heavy (non-hydrogen) atoms. The van der Waals surface area contributed by atoms with Gasteiger partial charge in [-0.25, -0.2) is 4.98 Å². The van der Waals surface area contributed by atoms with Gasteiger partial charge in [-0.15, -0.1) is 4.73 Å². The largest absolute Gasteiger partial charge is 0.423 e. The zero-order chi connectivity index (χ0) is 11.0. The molecule has 76 valence electrons. The highest BCUT2D eigenvalue weighted by molar-refractivity contribution is 5.91. The Morgan fingerprint density at radius 1 is 1.40 bits per heavy atom. The highest BCUT2D eigenvalue weighted by Gasteiger charge is 2.13. The molecule has 6 heteroatoms. The van der Waals surface area contributed by atoms with Crippen LogP contribution >= 0.6 is 0 Å². The van der Waals surface area contributed by atoms with Gasteiger partial charge in [0.15, 0.2) is 0 Å². The Labute approximate surface area is 83.5 Å². The summed E-state index contributed by atoms with van der Waals surface area (Å²) >= 11 is 0. The molecule has 1 heterocycles. The number of fused-ring (bicyclic) bond motifs is 1. The molecular weight excluding hydrogens is 198 g/mol. The Bertz CT molecular complexity index is 603. The van der Waals surface area contributed by atoms with Gasteiger partial charge in [0.2, 0.25) is 5.82 Å². The van der Waals surface area contributed by atoms with Crippen LogP contribution in [0, 0.1) is 0 Å². The maximum absolute atomic E-state index is 11.5. The van der Waals surface area contributed by atoms with Crippen molar-refractivity contribution in [2.45, 2.75) is 0 Å². The number of benzene rings is 1. The van der Waals surface area contributed by atoms with E-state index in [0.717, 1.165) is 0 Å². The molecule has 1 aromatic heterocycles. The van der Waals surface area contributed by atoms with Crippen LogP contribution in [0.5, 0.6) is 0 Å². The summed E-state index contributed by atoms with van der Waals surface area (Å²) < 4.78 is 0.157. The number of aromatic nitrogens is 2. The molecule has 2 aromatic rings. The van der Waals surface area contributed by atoms with Gasteiger partial charge in [0.25, 0.3) is 11.5 Å². The Kier molecular flexibility index (Phi) is 1.89. The van der Waals surface area contributed by atoms with E-state index < -0.39 is 17.3 Å². The van der Waals surface area contributed by atoms with E-state index in [-0.39, 0.29) is 10.1 Å². The van der Waals surface area contributed by atoms with Gasteiger partial charge in [0.1, 0.15) is 0 Å². The second kappa shape index (κ2) is 3.09. The van der Waals surface area contributed by atoms with Gasteiger partial charge in [0, 0.05) is 0 Å². The van der Waals surface area contributed by atoms with Crippen LogP contribution in [0.15, 0.2) is 29.1 Å². The first-order valence-corrected chi connectivity index (χ1v) is 4.12. The lowest BCUT2D eigenvalue weighted by atomic mass is 10.2. The van der Waals surface area contributed by atoms with Crippen molar-refractivity contribution in [3.05, 3.63) is 40.4 Å². The number of nitrogens with two attached hydrogens (primary N) is 1. The molecule has 0 aliphatic heterocycles. The minimum Gasteiger partial charge on any atom is -0.423 e. The van der Waals surface area contributed by atoms with Gasteiger partial charge in [-0.05, 0) is 12.1 Å². The zero-order valence-electron chi connectivity index (χ0n) is 7.54. The maximum Gasteiger partial charge on any atom is 0.294 e. The Morgan fingerprint density at radius 3 is 2.73 bits per heavy atom. The third-order valence-electron chi connectivity index (χ3n) is 1.97. The van der Waals surface area contributed by atoms with E-state index in [2.05, 4.69) is 4.98 Å². The number of hydrogen-bond acceptors (Lipinski definition) is 4. The molecule has 6 nitrogen and oxygen atoms in total. The highest BCUT2D eigenvalue weighted by atomic mass is 16.5. The second-order valence-corrected chi connectivity index (χ2v) is 2.93. The van der Waals surface area contributed by atoms with Crippen molar-refractivity contribution in [3.63, 3.8) is 0 Å². The fraction of sp³-hybridized carbons (Fsp3) is 0. The summed E-state index contributed by atoms with van der Waals surface area (Å²) in [7, 11) is 0. The van der Waals surface area contributed by atoms with Crippen molar-refractivity contribution in [1.82, 2.24) is 9.71 Å². The summed E-state index contributed by atoms with van der Waals surface area (Å²) in [5.41, 5.74) is 4.56. The van der Waals surface area contributed by atoms with Gasteiger partial charge in [-0.2, -0.15) is 0 Å². The molecule has 0 unspecified atom stereocenters. The molecule has 0 bridgehead atoms. The number of hydrogen-bond donors (Lipinski definition) is 2. The topological polar surface area (TPSA) is 98.2 Å². The van der Waals surface area contributed by atoms with E-state index in [9.17, 15) is 14.8 Å². The summed E-state index contributed by atoms with van der Waals surface area (Å²) in [6.07, 6.45) is 0. The molecule has 0 saturated carbocycles. The van der Waals surface area contributed by atoms with Crippen molar-refractivity contribution in [2.24, 2.45) is 5.73 Å². The number of primary amides is 1. The third-order valence-corrected chi connectivity index (χ3v) is 1.97. The standard InChI is InChI=1S/C9H7N3O3/c10-7(13)8-11-6-4-2-1-3-5(6)9(14)12(8)15/h1-4,15H,(H2,10,13). The van der Waals surface area contributed by atoms with Crippen LogP contribution in [-0.2, 0) is 0 Å². The van der Waals surface area contributed by atoms with E-state index in [1.54, 1.807) is 18.2 Å². The second-order valence-electron chi connectivity index (χ2n) is 2.93. The predicted molar refractivity (Wildman–Crippen MR) is 51.7 cm³/mol. The van der Waals surface area contributed by atoms with Gasteiger partial charge in [0.05, 0.1) is 10.9 Å². The molecule has 0 radical (unpaired) electrons. The van der Waals surface area contributed by atoms with E-state index >= 15 is 0 Å². The lowest BCUT2D eigenvalue weighted by Crippen LogP contribution is -2.29. The van der Waals surface area contributed by atoms with Crippen LogP contribution in [0.1, 0.15) is 10.6 Å². The summed E-state index contributed by atoms with van der Waals surface area (Å²) in [6, 6.07) is 6.36. The monoisotopic (exact) mass is 205 g/mol. The average molecular weight is 205 g/mol. The quantitative estimate of drug-likeness (QED) is 0.626. The normalized spacial score (nSPS) is 10.4. The first-order valence-electron chi connectivity index (χ1n) is 4.12. The molecule has 2 rings (SSSR count). The van der Waals surface area contributed by atoms with Crippen molar-refractivity contribution in [2.75, 3.05) is 0 Å². The molecule has 0 aliphatic rings. The van der Waals surface area contributed by atoms with E-state index in [0.29, 0.717) is 5.52 Å². The van der Waals surface area contributed by atoms with E-state index in [1.807, 2.05) is 0 Å². The fourth-order valence-electron chi connectivity index (χ4n) is 1.28. The zero-order valence-corrected chi connectivity index (χ0v) is 7.54. The molecule has 0 saturated heterocycles. The first kappa shape index (κ1) is 9.20. The molecule has 3 N–H and O–H groups in total.